The maximum Gasteiger partial charge on any atom is 0.441 e. The molecule has 6 nitrogen and oxygen atoms in total. The monoisotopic (exact) mass is 410 g/mol. The molecule has 5 rings (SSSR count). The first-order valence-electron chi connectivity index (χ1n) is 10.2. The minimum absolute atomic E-state index is 0.100. The fourth-order valence-electron chi connectivity index (χ4n) is 3.83. The van der Waals surface area contributed by atoms with Crippen molar-refractivity contribution >= 4 is 17.1 Å². The first kappa shape index (κ1) is 19.1. The Hall–Kier alpha value is -3.93. The van der Waals surface area contributed by atoms with E-state index in [-0.39, 0.29) is 6.04 Å². The van der Waals surface area contributed by atoms with Crippen LogP contribution in [0.4, 0.5) is 11.4 Å². The summed E-state index contributed by atoms with van der Waals surface area (Å²) in [6.07, 6.45) is 0.736. The SMILES string of the molecule is Cc1ccc(C2CC(c3ccc(-n4nc(C)oc4=O)cc3)=Nc3ccccc3N2)cc1. The van der Waals surface area contributed by atoms with Gasteiger partial charge in [0.2, 0.25) is 5.89 Å². The zero-order chi connectivity index (χ0) is 21.4. The summed E-state index contributed by atoms with van der Waals surface area (Å²) in [5.74, 6) is -0.152. The summed E-state index contributed by atoms with van der Waals surface area (Å²) in [4.78, 5) is 16.9. The smallest absolute Gasteiger partial charge is 0.392 e. The van der Waals surface area contributed by atoms with Crippen LogP contribution >= 0.6 is 0 Å². The Labute approximate surface area is 179 Å². The molecule has 0 aliphatic carbocycles. The fourth-order valence-corrected chi connectivity index (χ4v) is 3.83. The number of aryl methyl sites for hydroxylation is 2. The summed E-state index contributed by atoms with van der Waals surface area (Å²) in [5, 5.41) is 7.78. The van der Waals surface area contributed by atoms with Gasteiger partial charge in [-0.2, -0.15) is 4.68 Å². The van der Waals surface area contributed by atoms with E-state index >= 15 is 0 Å². The average molecular weight is 410 g/mol. The van der Waals surface area contributed by atoms with Gasteiger partial charge in [-0.1, -0.05) is 54.1 Å². The number of fused-ring (bicyclic) bond motifs is 1. The number of hydrogen-bond donors (Lipinski definition) is 1. The van der Waals surface area contributed by atoms with Crippen molar-refractivity contribution in [3.05, 3.63) is 106 Å². The molecule has 0 radical (unpaired) electrons. The molecule has 3 aromatic carbocycles. The lowest BCUT2D eigenvalue weighted by atomic mass is 9.96. The van der Waals surface area contributed by atoms with E-state index in [4.69, 9.17) is 9.41 Å². The van der Waals surface area contributed by atoms with Crippen LogP contribution in [0.15, 0.2) is 87.0 Å². The van der Waals surface area contributed by atoms with Crippen LogP contribution in [0.25, 0.3) is 5.69 Å². The second-order valence-corrected chi connectivity index (χ2v) is 7.73. The summed E-state index contributed by atoms with van der Waals surface area (Å²) in [6.45, 7) is 3.75. The summed E-state index contributed by atoms with van der Waals surface area (Å²) >= 11 is 0. The average Bonchev–Trinajstić information content (AvgIpc) is 3.00. The number of aliphatic imine (C=N–C) groups is 1. The maximum absolute atomic E-state index is 11.9. The molecule has 1 aromatic heterocycles. The molecule has 0 bridgehead atoms. The largest absolute Gasteiger partial charge is 0.441 e. The maximum atomic E-state index is 11.9. The molecular formula is C25H22N4O2. The van der Waals surface area contributed by atoms with Crippen molar-refractivity contribution in [1.29, 1.82) is 0 Å². The van der Waals surface area contributed by atoms with Crippen molar-refractivity contribution in [3.63, 3.8) is 0 Å². The molecule has 0 spiro atoms. The molecule has 6 heteroatoms. The van der Waals surface area contributed by atoms with E-state index in [9.17, 15) is 4.79 Å². The molecule has 4 aromatic rings. The van der Waals surface area contributed by atoms with Crippen molar-refractivity contribution in [3.8, 4) is 5.69 Å². The predicted molar refractivity (Wildman–Crippen MR) is 122 cm³/mol. The van der Waals surface area contributed by atoms with Gasteiger partial charge in [-0.3, -0.25) is 4.99 Å². The third-order valence-corrected chi connectivity index (χ3v) is 5.46. The Balaban J connectivity index is 1.53. The molecule has 31 heavy (non-hydrogen) atoms. The molecule has 154 valence electrons. The Morgan fingerprint density at radius 1 is 0.968 bits per heavy atom. The van der Waals surface area contributed by atoms with Gasteiger partial charge in [-0.15, -0.1) is 5.10 Å². The zero-order valence-corrected chi connectivity index (χ0v) is 17.4. The van der Waals surface area contributed by atoms with Gasteiger partial charge >= 0.3 is 5.76 Å². The minimum atomic E-state index is -0.491. The van der Waals surface area contributed by atoms with Gasteiger partial charge in [0.15, 0.2) is 0 Å². The lowest BCUT2D eigenvalue weighted by molar-refractivity contribution is 0.477. The van der Waals surface area contributed by atoms with Crippen LogP contribution in [0.5, 0.6) is 0 Å². The molecule has 1 unspecified atom stereocenters. The molecule has 1 N–H and O–H groups in total. The van der Waals surface area contributed by atoms with Crippen LogP contribution in [-0.4, -0.2) is 15.5 Å². The minimum Gasteiger partial charge on any atom is -0.392 e. The highest BCUT2D eigenvalue weighted by Gasteiger charge is 2.21. The van der Waals surface area contributed by atoms with E-state index in [0.717, 1.165) is 29.1 Å². The van der Waals surface area contributed by atoms with Crippen molar-refractivity contribution in [2.75, 3.05) is 5.32 Å². The predicted octanol–water partition coefficient (Wildman–Crippen LogP) is 5.12. The molecule has 0 amide bonds. The van der Waals surface area contributed by atoms with E-state index in [1.165, 1.54) is 15.8 Å². The van der Waals surface area contributed by atoms with Gasteiger partial charge in [0.25, 0.3) is 0 Å². The number of anilines is 1. The van der Waals surface area contributed by atoms with Gasteiger partial charge < -0.3 is 9.73 Å². The van der Waals surface area contributed by atoms with Crippen molar-refractivity contribution in [2.24, 2.45) is 4.99 Å². The normalized spacial score (nSPS) is 15.5. The van der Waals surface area contributed by atoms with E-state index < -0.39 is 5.76 Å². The number of nitrogens with one attached hydrogen (secondary N) is 1. The molecule has 1 aliphatic heterocycles. The number of aromatic nitrogens is 2. The highest BCUT2D eigenvalue weighted by atomic mass is 16.4. The lowest BCUT2D eigenvalue weighted by Crippen LogP contribution is -2.15. The first-order valence-corrected chi connectivity index (χ1v) is 10.2. The highest BCUT2D eigenvalue weighted by Crippen LogP contribution is 2.35. The third-order valence-electron chi connectivity index (χ3n) is 5.46. The van der Waals surface area contributed by atoms with Gasteiger partial charge in [0.05, 0.1) is 28.8 Å². The molecule has 1 aliphatic rings. The standard InChI is InChI=1S/C25H22N4O2/c1-16-7-9-18(10-8-16)23-15-24(27-22-6-4-3-5-21(22)26-23)19-11-13-20(14-12-19)29-25(30)31-17(2)28-29/h3-14,23,26H,15H2,1-2H3. The first-order chi connectivity index (χ1) is 15.1. The van der Waals surface area contributed by atoms with E-state index in [0.29, 0.717) is 11.6 Å². The Morgan fingerprint density at radius 3 is 2.42 bits per heavy atom. The van der Waals surface area contributed by atoms with Crippen LogP contribution < -0.4 is 11.1 Å². The number of benzene rings is 3. The van der Waals surface area contributed by atoms with Crippen molar-refractivity contribution < 1.29 is 4.42 Å². The third kappa shape index (κ3) is 3.80. The van der Waals surface area contributed by atoms with E-state index in [1.54, 1.807) is 6.92 Å². The van der Waals surface area contributed by atoms with Crippen molar-refractivity contribution in [2.45, 2.75) is 26.3 Å². The number of para-hydroxylation sites is 2. The number of hydrogen-bond acceptors (Lipinski definition) is 5. The van der Waals surface area contributed by atoms with Gasteiger partial charge in [-0.25, -0.2) is 4.79 Å². The molecule has 2 heterocycles. The van der Waals surface area contributed by atoms with Crippen LogP contribution in [0.3, 0.4) is 0 Å². The van der Waals surface area contributed by atoms with E-state index in [2.05, 4.69) is 47.7 Å². The molecule has 1 atom stereocenters. The summed E-state index contributed by atoms with van der Waals surface area (Å²) in [7, 11) is 0. The van der Waals surface area contributed by atoms with Gasteiger partial charge in [0, 0.05) is 13.3 Å². The van der Waals surface area contributed by atoms with Crippen molar-refractivity contribution in [1.82, 2.24) is 9.78 Å². The van der Waals surface area contributed by atoms with Crippen LogP contribution in [0, 0.1) is 13.8 Å². The molecule has 0 fully saturated rings. The van der Waals surface area contributed by atoms with Gasteiger partial charge in [-0.05, 0) is 42.3 Å². The highest BCUT2D eigenvalue weighted by molar-refractivity contribution is 6.04. The lowest BCUT2D eigenvalue weighted by Gasteiger charge is -2.19. The second-order valence-electron chi connectivity index (χ2n) is 7.73. The molecular weight excluding hydrogens is 388 g/mol. The van der Waals surface area contributed by atoms with Crippen LogP contribution in [-0.2, 0) is 0 Å². The molecule has 0 saturated carbocycles. The second kappa shape index (κ2) is 7.72. The number of rotatable bonds is 3. The van der Waals surface area contributed by atoms with Crippen LogP contribution in [0.1, 0.15) is 35.0 Å². The van der Waals surface area contributed by atoms with Gasteiger partial charge in [0.1, 0.15) is 0 Å². The Kier molecular flexibility index (Phi) is 4.75. The van der Waals surface area contributed by atoms with E-state index in [1.807, 2.05) is 42.5 Å². The topological polar surface area (TPSA) is 72.4 Å². The summed E-state index contributed by atoms with van der Waals surface area (Å²) < 4.78 is 6.27. The Bertz CT molecular complexity index is 1310. The molecule has 0 saturated heterocycles. The summed E-state index contributed by atoms with van der Waals surface area (Å²) in [6, 6.07) is 24.5. The van der Waals surface area contributed by atoms with Crippen LogP contribution in [0.2, 0.25) is 0 Å². The fraction of sp³-hybridized carbons (Fsp3) is 0.160. The quantitative estimate of drug-likeness (QED) is 0.509. The number of nitrogens with zero attached hydrogens (tertiary/aromatic N) is 3. The zero-order valence-electron chi connectivity index (χ0n) is 17.4. The summed E-state index contributed by atoms with van der Waals surface area (Å²) in [5.41, 5.74) is 7.04. The Morgan fingerprint density at radius 2 is 1.71 bits per heavy atom.